The molecule has 84 valence electrons. The molecule has 1 saturated heterocycles. The minimum absolute atomic E-state index is 0.409. The zero-order valence-corrected chi connectivity index (χ0v) is 9.78. The maximum Gasteiger partial charge on any atom is 0.150 e. The summed E-state index contributed by atoms with van der Waals surface area (Å²) in [5, 5.41) is 3.35. The highest BCUT2D eigenvalue weighted by Crippen LogP contribution is 2.20. The van der Waals surface area contributed by atoms with E-state index in [1.54, 1.807) is 0 Å². The standard InChI is InChI=1S/C10H21NO2S/c1-2-3-6-11-7-4-10-5-8-14(12,13)9-10/h10-11H,2-9H2,1H3. The van der Waals surface area contributed by atoms with Gasteiger partial charge in [-0.15, -0.1) is 0 Å². The lowest BCUT2D eigenvalue weighted by molar-refractivity contribution is 0.504. The second kappa shape index (κ2) is 5.71. The van der Waals surface area contributed by atoms with Crippen LogP contribution in [0.25, 0.3) is 0 Å². The molecule has 0 radical (unpaired) electrons. The fourth-order valence-corrected chi connectivity index (χ4v) is 3.74. The van der Waals surface area contributed by atoms with Crippen LogP contribution in [0.4, 0.5) is 0 Å². The van der Waals surface area contributed by atoms with Crippen LogP contribution in [0.3, 0.4) is 0 Å². The average molecular weight is 219 g/mol. The Bertz CT molecular complexity index is 249. The van der Waals surface area contributed by atoms with Crippen molar-refractivity contribution in [1.29, 1.82) is 0 Å². The van der Waals surface area contributed by atoms with Gasteiger partial charge in [-0.2, -0.15) is 0 Å². The molecule has 0 saturated carbocycles. The molecule has 1 N–H and O–H groups in total. The third kappa shape index (κ3) is 4.42. The van der Waals surface area contributed by atoms with Gasteiger partial charge < -0.3 is 5.32 Å². The van der Waals surface area contributed by atoms with Crippen LogP contribution < -0.4 is 5.32 Å². The van der Waals surface area contributed by atoms with Crippen molar-refractivity contribution in [2.24, 2.45) is 5.92 Å². The van der Waals surface area contributed by atoms with E-state index in [4.69, 9.17) is 0 Å². The number of sulfone groups is 1. The minimum atomic E-state index is -2.67. The predicted molar refractivity (Wildman–Crippen MR) is 59.2 cm³/mol. The van der Waals surface area contributed by atoms with E-state index in [0.717, 1.165) is 25.9 Å². The molecule has 0 amide bonds. The summed E-state index contributed by atoms with van der Waals surface area (Å²) in [6.07, 6.45) is 4.31. The van der Waals surface area contributed by atoms with Crippen molar-refractivity contribution < 1.29 is 8.42 Å². The van der Waals surface area contributed by atoms with Gasteiger partial charge in [-0.05, 0) is 38.3 Å². The molecule has 3 nitrogen and oxygen atoms in total. The highest BCUT2D eigenvalue weighted by molar-refractivity contribution is 7.91. The van der Waals surface area contributed by atoms with E-state index < -0.39 is 9.84 Å². The van der Waals surface area contributed by atoms with Gasteiger partial charge in [-0.1, -0.05) is 13.3 Å². The van der Waals surface area contributed by atoms with Gasteiger partial charge in [0.15, 0.2) is 9.84 Å². The first-order valence-electron chi connectivity index (χ1n) is 5.55. The first-order valence-corrected chi connectivity index (χ1v) is 7.37. The minimum Gasteiger partial charge on any atom is -0.317 e. The Labute approximate surface area is 87.2 Å². The van der Waals surface area contributed by atoms with Crippen molar-refractivity contribution in [2.75, 3.05) is 24.6 Å². The van der Waals surface area contributed by atoms with Crippen LogP contribution >= 0.6 is 0 Å². The largest absolute Gasteiger partial charge is 0.317 e. The first kappa shape index (κ1) is 12.0. The van der Waals surface area contributed by atoms with Crippen molar-refractivity contribution in [3.05, 3.63) is 0 Å². The Morgan fingerprint density at radius 2 is 2.14 bits per heavy atom. The summed E-state index contributed by atoms with van der Waals surface area (Å²) < 4.78 is 22.3. The normalized spacial score (nSPS) is 25.4. The molecule has 0 aliphatic carbocycles. The molecule has 0 aromatic rings. The molecule has 0 spiro atoms. The van der Waals surface area contributed by atoms with Gasteiger partial charge in [0.05, 0.1) is 11.5 Å². The molecule has 1 unspecified atom stereocenters. The summed E-state index contributed by atoms with van der Waals surface area (Å²) in [4.78, 5) is 0. The number of hydrogen-bond donors (Lipinski definition) is 1. The van der Waals surface area contributed by atoms with Gasteiger partial charge in [0.1, 0.15) is 0 Å². The molecule has 1 fully saturated rings. The summed E-state index contributed by atoms with van der Waals surface area (Å²) in [5.41, 5.74) is 0. The van der Waals surface area contributed by atoms with E-state index in [1.165, 1.54) is 12.8 Å². The number of hydrogen-bond acceptors (Lipinski definition) is 3. The SMILES string of the molecule is CCCCNCCC1CCS(=O)(=O)C1. The van der Waals surface area contributed by atoms with Crippen molar-refractivity contribution in [3.8, 4) is 0 Å². The molecule has 1 rings (SSSR count). The fraction of sp³-hybridized carbons (Fsp3) is 1.00. The van der Waals surface area contributed by atoms with E-state index in [-0.39, 0.29) is 0 Å². The van der Waals surface area contributed by atoms with Crippen molar-refractivity contribution in [1.82, 2.24) is 5.32 Å². The molecule has 0 bridgehead atoms. The van der Waals surface area contributed by atoms with Gasteiger partial charge in [0, 0.05) is 0 Å². The van der Waals surface area contributed by atoms with Crippen molar-refractivity contribution in [3.63, 3.8) is 0 Å². The summed E-state index contributed by atoms with van der Waals surface area (Å²) in [6, 6.07) is 0. The molecule has 4 heteroatoms. The monoisotopic (exact) mass is 219 g/mol. The zero-order valence-electron chi connectivity index (χ0n) is 8.96. The van der Waals surface area contributed by atoms with Gasteiger partial charge in [0.2, 0.25) is 0 Å². The third-order valence-electron chi connectivity index (χ3n) is 2.76. The topological polar surface area (TPSA) is 46.2 Å². The van der Waals surface area contributed by atoms with Crippen LogP contribution in [-0.4, -0.2) is 33.0 Å². The first-order chi connectivity index (χ1) is 6.64. The summed E-state index contributed by atoms with van der Waals surface area (Å²) in [7, 11) is -2.67. The van der Waals surface area contributed by atoms with E-state index in [1.807, 2.05) is 0 Å². The van der Waals surface area contributed by atoms with E-state index in [2.05, 4.69) is 12.2 Å². The second-order valence-corrected chi connectivity index (χ2v) is 6.39. The zero-order chi connectivity index (χ0) is 10.4. The molecular weight excluding hydrogens is 198 g/mol. The van der Waals surface area contributed by atoms with Gasteiger partial charge in [-0.3, -0.25) is 0 Å². The molecule has 1 heterocycles. The van der Waals surface area contributed by atoms with Crippen LogP contribution in [0.2, 0.25) is 0 Å². The summed E-state index contributed by atoms with van der Waals surface area (Å²) in [6.45, 7) is 4.21. The second-order valence-electron chi connectivity index (χ2n) is 4.16. The lowest BCUT2D eigenvalue weighted by Gasteiger charge is -2.07. The molecule has 0 aromatic heterocycles. The molecule has 1 aliphatic heterocycles. The van der Waals surface area contributed by atoms with E-state index >= 15 is 0 Å². The van der Waals surface area contributed by atoms with Crippen LogP contribution in [0.1, 0.15) is 32.6 Å². The molecule has 1 aliphatic rings. The van der Waals surface area contributed by atoms with Crippen LogP contribution in [0, 0.1) is 5.92 Å². The number of unbranched alkanes of at least 4 members (excludes halogenated alkanes) is 1. The van der Waals surface area contributed by atoms with E-state index in [9.17, 15) is 8.42 Å². The van der Waals surface area contributed by atoms with E-state index in [0.29, 0.717) is 17.4 Å². The number of nitrogens with one attached hydrogen (secondary N) is 1. The molecule has 14 heavy (non-hydrogen) atoms. The maximum atomic E-state index is 11.2. The molecule has 0 aromatic carbocycles. The lowest BCUT2D eigenvalue weighted by Crippen LogP contribution is -2.19. The third-order valence-corrected chi connectivity index (χ3v) is 4.60. The maximum absolute atomic E-state index is 11.2. The Balaban J connectivity index is 2.03. The number of rotatable bonds is 6. The Kier molecular flexibility index (Phi) is 4.89. The highest BCUT2D eigenvalue weighted by Gasteiger charge is 2.26. The van der Waals surface area contributed by atoms with Crippen molar-refractivity contribution >= 4 is 9.84 Å². The average Bonchev–Trinajstić information content (AvgIpc) is 2.45. The molecule has 1 atom stereocenters. The summed E-state index contributed by atoms with van der Waals surface area (Å²) in [5.74, 6) is 1.24. The van der Waals surface area contributed by atoms with Gasteiger partial charge >= 0.3 is 0 Å². The smallest absolute Gasteiger partial charge is 0.150 e. The van der Waals surface area contributed by atoms with Gasteiger partial charge in [-0.25, -0.2) is 8.42 Å². The Hall–Kier alpha value is -0.0900. The molecular formula is C10H21NO2S. The lowest BCUT2D eigenvalue weighted by atomic mass is 10.1. The van der Waals surface area contributed by atoms with Crippen LogP contribution in [-0.2, 0) is 9.84 Å². The Morgan fingerprint density at radius 3 is 2.71 bits per heavy atom. The van der Waals surface area contributed by atoms with Crippen LogP contribution in [0.15, 0.2) is 0 Å². The predicted octanol–water partition coefficient (Wildman–Crippen LogP) is 1.20. The highest BCUT2D eigenvalue weighted by atomic mass is 32.2. The fourth-order valence-electron chi connectivity index (χ4n) is 1.83. The van der Waals surface area contributed by atoms with Crippen LogP contribution in [0.5, 0.6) is 0 Å². The summed E-state index contributed by atoms with van der Waals surface area (Å²) >= 11 is 0. The van der Waals surface area contributed by atoms with Crippen molar-refractivity contribution in [2.45, 2.75) is 32.6 Å². The van der Waals surface area contributed by atoms with Gasteiger partial charge in [0.25, 0.3) is 0 Å². The Morgan fingerprint density at radius 1 is 1.36 bits per heavy atom. The quantitative estimate of drug-likeness (QED) is 0.683.